The summed E-state index contributed by atoms with van der Waals surface area (Å²) in [7, 11) is 0. The van der Waals surface area contributed by atoms with E-state index in [1.54, 1.807) is 0 Å². The number of anilines is 2. The molecule has 5 rings (SSSR count). The number of ketones is 1. The van der Waals surface area contributed by atoms with E-state index in [0.717, 1.165) is 34.6 Å². The summed E-state index contributed by atoms with van der Waals surface area (Å²) in [5, 5.41) is 17.7. The molecule has 1 heterocycles. The molecular weight excluding hydrogens is 528 g/mol. The van der Waals surface area contributed by atoms with Crippen LogP contribution in [0.2, 0.25) is 0 Å². The molecule has 1 aliphatic carbocycles. The molecule has 0 saturated carbocycles. The number of fused-ring (bicyclic) bond motifs is 1. The molecule has 0 amide bonds. The number of aromatic hydroxyl groups is 1. The van der Waals surface area contributed by atoms with Crippen LogP contribution in [0.25, 0.3) is 0 Å². The molecule has 5 nitrogen and oxygen atoms in total. The third-order valence-corrected chi connectivity index (χ3v) is 7.85. The molecule has 0 saturated heterocycles. The average Bonchev–Trinajstić information content (AvgIpc) is 3.03. The Morgan fingerprint density at radius 2 is 1.70 bits per heavy atom. The van der Waals surface area contributed by atoms with Gasteiger partial charge in [-0.1, -0.05) is 57.2 Å². The summed E-state index contributed by atoms with van der Waals surface area (Å²) < 4.78 is 6.23. The van der Waals surface area contributed by atoms with Crippen LogP contribution in [0.4, 0.5) is 11.4 Å². The van der Waals surface area contributed by atoms with Gasteiger partial charge in [-0.2, -0.15) is 0 Å². The van der Waals surface area contributed by atoms with Gasteiger partial charge in [0, 0.05) is 17.7 Å². The molecule has 3 N–H and O–H groups in total. The standard InChI is InChI=1S/C31H33BrN2O3/c1-5-37-27-17-20(14-22(32)30(27)36)29-28-25(33-23-8-6-7-9-24(23)34-29)15-19(16-26(28)35)18-10-12-21(13-11-18)31(2,3)4/h6-14,17,19,29,33-34,36H,5,15-16H2,1-4H3. The molecular formula is C31H33BrN2O3. The van der Waals surface area contributed by atoms with Crippen molar-refractivity contribution in [3.05, 3.63) is 93.1 Å². The van der Waals surface area contributed by atoms with Crippen molar-refractivity contribution in [2.45, 2.75) is 57.9 Å². The minimum atomic E-state index is -0.390. The number of benzene rings is 3. The zero-order valence-electron chi connectivity index (χ0n) is 21.7. The van der Waals surface area contributed by atoms with Crippen LogP contribution in [0.15, 0.2) is 76.4 Å². The lowest BCUT2D eigenvalue weighted by Crippen LogP contribution is -2.27. The highest BCUT2D eigenvalue weighted by Crippen LogP contribution is 2.46. The fourth-order valence-corrected chi connectivity index (χ4v) is 5.72. The van der Waals surface area contributed by atoms with Crippen LogP contribution < -0.4 is 15.4 Å². The number of Topliss-reactive ketones (excluding diaryl/α,β-unsaturated/α-hetero) is 1. The summed E-state index contributed by atoms with van der Waals surface area (Å²) in [6.07, 6.45) is 1.18. The highest BCUT2D eigenvalue weighted by atomic mass is 79.9. The highest BCUT2D eigenvalue weighted by molar-refractivity contribution is 9.10. The van der Waals surface area contributed by atoms with Gasteiger partial charge in [0.05, 0.1) is 28.5 Å². The highest BCUT2D eigenvalue weighted by Gasteiger charge is 2.36. The van der Waals surface area contributed by atoms with Crippen LogP contribution in [0.3, 0.4) is 0 Å². The summed E-state index contributed by atoms with van der Waals surface area (Å²) in [6.45, 7) is 8.93. The van der Waals surface area contributed by atoms with E-state index in [1.165, 1.54) is 11.1 Å². The number of para-hydroxylation sites is 2. The molecule has 6 heteroatoms. The van der Waals surface area contributed by atoms with Crippen molar-refractivity contribution in [3.8, 4) is 11.5 Å². The summed E-state index contributed by atoms with van der Waals surface area (Å²) in [4.78, 5) is 13.9. The van der Waals surface area contributed by atoms with Crippen LogP contribution in [0.1, 0.15) is 69.2 Å². The van der Waals surface area contributed by atoms with Gasteiger partial charge in [0.1, 0.15) is 0 Å². The quantitative estimate of drug-likeness (QED) is 0.303. The number of halogens is 1. The molecule has 0 bridgehead atoms. The Hall–Kier alpha value is -3.25. The zero-order valence-corrected chi connectivity index (χ0v) is 23.3. The van der Waals surface area contributed by atoms with Crippen LogP contribution in [-0.4, -0.2) is 17.5 Å². The van der Waals surface area contributed by atoms with E-state index in [2.05, 4.69) is 71.6 Å². The second kappa shape index (κ2) is 9.90. The molecule has 3 aromatic carbocycles. The monoisotopic (exact) mass is 560 g/mol. The van der Waals surface area contributed by atoms with Gasteiger partial charge >= 0.3 is 0 Å². The average molecular weight is 562 g/mol. The number of hydrogen-bond donors (Lipinski definition) is 3. The molecule has 0 spiro atoms. The Kier molecular flexibility index (Phi) is 6.80. The first-order valence-corrected chi connectivity index (χ1v) is 13.6. The lowest BCUT2D eigenvalue weighted by atomic mass is 9.77. The Balaban J connectivity index is 1.58. The van der Waals surface area contributed by atoms with Crippen molar-refractivity contribution in [2.24, 2.45) is 0 Å². The zero-order chi connectivity index (χ0) is 26.3. The van der Waals surface area contributed by atoms with Gasteiger partial charge in [0.15, 0.2) is 17.3 Å². The summed E-state index contributed by atoms with van der Waals surface area (Å²) >= 11 is 3.47. The first-order valence-electron chi connectivity index (χ1n) is 12.8. The SMILES string of the molecule is CCOc1cc(C2Nc3ccccc3NC3=C2C(=O)CC(c2ccc(C(C)(C)C)cc2)C3)cc(Br)c1O. The lowest BCUT2D eigenvalue weighted by molar-refractivity contribution is -0.116. The van der Waals surface area contributed by atoms with Crippen molar-refractivity contribution < 1.29 is 14.6 Å². The largest absolute Gasteiger partial charge is 0.503 e. The number of allylic oxidation sites excluding steroid dienone is 1. The maximum atomic E-state index is 13.9. The molecule has 0 fully saturated rings. The van der Waals surface area contributed by atoms with Gasteiger partial charge in [0.25, 0.3) is 0 Å². The van der Waals surface area contributed by atoms with Gasteiger partial charge < -0.3 is 20.5 Å². The number of ether oxygens (including phenoxy) is 1. The van der Waals surface area contributed by atoms with Crippen LogP contribution in [0.5, 0.6) is 11.5 Å². The maximum absolute atomic E-state index is 13.9. The summed E-state index contributed by atoms with van der Waals surface area (Å²) in [6, 6.07) is 20.0. The number of phenolic OH excluding ortho intramolecular Hbond substituents is 1. The normalized spacial score (nSPS) is 19.3. The molecule has 192 valence electrons. The number of rotatable bonds is 4. The van der Waals surface area contributed by atoms with E-state index < -0.39 is 0 Å². The fourth-order valence-electron chi connectivity index (χ4n) is 5.26. The first kappa shape index (κ1) is 25.4. The van der Waals surface area contributed by atoms with Crippen LogP contribution >= 0.6 is 15.9 Å². The van der Waals surface area contributed by atoms with Crippen LogP contribution in [0, 0.1) is 0 Å². The van der Waals surface area contributed by atoms with Crippen molar-refractivity contribution in [2.75, 3.05) is 17.2 Å². The predicted molar refractivity (Wildman–Crippen MR) is 153 cm³/mol. The topological polar surface area (TPSA) is 70.6 Å². The molecule has 3 aromatic rings. The third-order valence-electron chi connectivity index (χ3n) is 7.24. The number of hydrogen-bond acceptors (Lipinski definition) is 5. The third kappa shape index (κ3) is 4.99. The molecule has 37 heavy (non-hydrogen) atoms. The number of nitrogens with one attached hydrogen (secondary N) is 2. The molecule has 2 atom stereocenters. The Bertz CT molecular complexity index is 1370. The number of carbonyl (C=O) groups excluding carboxylic acids is 1. The molecule has 1 aliphatic heterocycles. The Labute approximate surface area is 227 Å². The minimum absolute atomic E-state index is 0.0562. The van der Waals surface area contributed by atoms with Crippen molar-refractivity contribution in [1.82, 2.24) is 0 Å². The minimum Gasteiger partial charge on any atom is -0.503 e. The van der Waals surface area contributed by atoms with Gasteiger partial charge in [-0.3, -0.25) is 4.79 Å². The van der Waals surface area contributed by atoms with Crippen molar-refractivity contribution in [3.63, 3.8) is 0 Å². The van der Waals surface area contributed by atoms with E-state index in [4.69, 9.17) is 4.74 Å². The predicted octanol–water partition coefficient (Wildman–Crippen LogP) is 7.83. The van der Waals surface area contributed by atoms with E-state index in [1.807, 2.05) is 43.3 Å². The Morgan fingerprint density at radius 1 is 1.00 bits per heavy atom. The Morgan fingerprint density at radius 3 is 2.38 bits per heavy atom. The molecule has 2 unspecified atom stereocenters. The molecule has 0 aromatic heterocycles. The summed E-state index contributed by atoms with van der Waals surface area (Å²) in [5.74, 6) is 0.664. The van der Waals surface area contributed by atoms with E-state index in [-0.39, 0.29) is 28.9 Å². The van der Waals surface area contributed by atoms with E-state index in [9.17, 15) is 9.90 Å². The summed E-state index contributed by atoms with van der Waals surface area (Å²) in [5.41, 5.74) is 6.93. The van der Waals surface area contributed by atoms with Gasteiger partial charge in [-0.15, -0.1) is 0 Å². The van der Waals surface area contributed by atoms with Crippen molar-refractivity contribution >= 4 is 33.1 Å². The maximum Gasteiger partial charge on any atom is 0.172 e. The second-order valence-electron chi connectivity index (χ2n) is 10.8. The first-order chi connectivity index (χ1) is 17.7. The van der Waals surface area contributed by atoms with Gasteiger partial charge in [-0.25, -0.2) is 0 Å². The van der Waals surface area contributed by atoms with Gasteiger partial charge in [-0.05, 0) is 81.6 Å². The van der Waals surface area contributed by atoms with E-state index >= 15 is 0 Å². The van der Waals surface area contributed by atoms with Gasteiger partial charge in [0.2, 0.25) is 0 Å². The van der Waals surface area contributed by atoms with E-state index in [0.29, 0.717) is 23.2 Å². The van der Waals surface area contributed by atoms with Crippen LogP contribution in [-0.2, 0) is 10.2 Å². The van der Waals surface area contributed by atoms with Crippen molar-refractivity contribution in [1.29, 1.82) is 0 Å². The lowest BCUT2D eigenvalue weighted by Gasteiger charge is -2.30. The number of phenols is 1. The fraction of sp³-hybridized carbons (Fsp3) is 0.323. The molecule has 2 aliphatic rings. The second-order valence-corrected chi connectivity index (χ2v) is 11.7. The smallest absolute Gasteiger partial charge is 0.172 e. The molecule has 0 radical (unpaired) electrons. The number of carbonyl (C=O) groups is 1.